The molecule has 0 N–H and O–H groups in total. The molecule has 0 radical (unpaired) electrons. The second-order valence-corrected chi connectivity index (χ2v) is 9.73. The van der Waals surface area contributed by atoms with Crippen LogP contribution in [0.25, 0.3) is 6.08 Å². The number of pyridine rings is 1. The van der Waals surface area contributed by atoms with Crippen molar-refractivity contribution in [2.45, 2.75) is 38.3 Å². The van der Waals surface area contributed by atoms with Gasteiger partial charge in [0.15, 0.2) is 0 Å². The Morgan fingerprint density at radius 1 is 1.34 bits per heavy atom. The van der Waals surface area contributed by atoms with E-state index in [1.54, 1.807) is 24.5 Å². The second kappa shape index (κ2) is 8.77. The number of carbonyl (C=O) groups excluding carboxylic acids is 2. The van der Waals surface area contributed by atoms with Crippen molar-refractivity contribution >= 4 is 57.5 Å². The van der Waals surface area contributed by atoms with Crippen molar-refractivity contribution < 1.29 is 9.59 Å². The number of thiocarbonyl (C=S) groups is 1. The Balaban J connectivity index is 1.55. The average Bonchev–Trinajstić information content (AvgIpc) is 3.35. The highest BCUT2D eigenvalue weighted by Crippen LogP contribution is 2.36. The van der Waals surface area contributed by atoms with Gasteiger partial charge in [-0.2, -0.15) is 0 Å². The monoisotopic (exact) mass is 443 g/mol. The summed E-state index contributed by atoms with van der Waals surface area (Å²) in [4.78, 5) is 35.5. The molecule has 150 valence electrons. The van der Waals surface area contributed by atoms with Crippen LogP contribution < -0.4 is 0 Å². The van der Waals surface area contributed by atoms with Crippen molar-refractivity contribution in [1.82, 2.24) is 14.8 Å². The van der Waals surface area contributed by atoms with Gasteiger partial charge < -0.3 is 4.90 Å². The number of piperidine rings is 1. The van der Waals surface area contributed by atoms with Gasteiger partial charge >= 0.3 is 0 Å². The highest BCUT2D eigenvalue weighted by Gasteiger charge is 2.41. The molecule has 4 heterocycles. The van der Waals surface area contributed by atoms with Crippen molar-refractivity contribution in [3.63, 3.8) is 0 Å². The van der Waals surface area contributed by atoms with Crippen molar-refractivity contribution in [3.8, 4) is 0 Å². The number of rotatable bonds is 4. The number of nitrogens with zero attached hydrogens (tertiary/aromatic N) is 3. The fourth-order valence-electron chi connectivity index (χ4n) is 3.78. The van der Waals surface area contributed by atoms with Crippen LogP contribution in [0.15, 0.2) is 46.9 Å². The van der Waals surface area contributed by atoms with Crippen LogP contribution >= 0.6 is 35.3 Å². The quantitative estimate of drug-likeness (QED) is 0.515. The molecule has 2 saturated heterocycles. The first kappa shape index (κ1) is 20.3. The molecular formula is C21H21N3O2S3. The molecule has 2 atom stereocenters. The van der Waals surface area contributed by atoms with Crippen molar-refractivity contribution in [3.05, 3.63) is 57.4 Å². The molecule has 2 aliphatic heterocycles. The van der Waals surface area contributed by atoms with Crippen LogP contribution in [0.1, 0.15) is 42.7 Å². The van der Waals surface area contributed by atoms with E-state index in [1.165, 1.54) is 16.7 Å². The topological polar surface area (TPSA) is 53.5 Å². The number of hydrogen-bond acceptors (Lipinski definition) is 6. The number of thioether (sulfide) groups is 1. The molecule has 4 rings (SSSR count). The van der Waals surface area contributed by atoms with Gasteiger partial charge in [-0.1, -0.05) is 36.1 Å². The van der Waals surface area contributed by atoms with Crippen LogP contribution in [0.5, 0.6) is 0 Å². The van der Waals surface area contributed by atoms with Crippen LogP contribution in [0, 0.1) is 0 Å². The molecule has 0 aliphatic carbocycles. The van der Waals surface area contributed by atoms with Gasteiger partial charge in [0.2, 0.25) is 5.91 Å². The van der Waals surface area contributed by atoms with E-state index >= 15 is 0 Å². The zero-order chi connectivity index (χ0) is 20.4. The molecule has 8 heteroatoms. The second-order valence-electron chi connectivity index (χ2n) is 7.07. The van der Waals surface area contributed by atoms with Gasteiger partial charge in [0.25, 0.3) is 5.91 Å². The molecule has 29 heavy (non-hydrogen) atoms. The molecule has 0 spiro atoms. The average molecular weight is 444 g/mol. The Hall–Kier alpha value is -2.03. The largest absolute Gasteiger partial charge is 0.334 e. The number of carbonyl (C=O) groups is 2. The number of hydrogen-bond donors (Lipinski definition) is 0. The lowest BCUT2D eigenvalue weighted by Crippen LogP contribution is -2.51. The predicted molar refractivity (Wildman–Crippen MR) is 121 cm³/mol. The number of likely N-dealkylation sites (tertiary alicyclic amines) is 1. The number of amides is 2. The molecule has 5 nitrogen and oxygen atoms in total. The van der Waals surface area contributed by atoms with Gasteiger partial charge in [-0.25, -0.2) is 0 Å². The summed E-state index contributed by atoms with van der Waals surface area (Å²) in [5, 5.41) is 1.97. The summed E-state index contributed by atoms with van der Waals surface area (Å²) in [6, 6.07) is 7.17. The summed E-state index contributed by atoms with van der Waals surface area (Å²) in [6.45, 7) is 2.46. The van der Waals surface area contributed by atoms with Crippen LogP contribution in [-0.4, -0.2) is 43.5 Å². The minimum Gasteiger partial charge on any atom is -0.334 e. The van der Waals surface area contributed by atoms with Crippen molar-refractivity contribution in [2.24, 2.45) is 0 Å². The number of thiophene rings is 1. The van der Waals surface area contributed by atoms with Gasteiger partial charge in [0.05, 0.1) is 10.9 Å². The Bertz CT molecular complexity index is 943. The highest BCUT2D eigenvalue weighted by molar-refractivity contribution is 8.26. The molecule has 2 aliphatic rings. The number of aromatic nitrogens is 1. The van der Waals surface area contributed by atoms with Crippen LogP contribution in [0.4, 0.5) is 0 Å². The Morgan fingerprint density at radius 2 is 2.21 bits per heavy atom. The maximum atomic E-state index is 13.4. The Kier molecular flexibility index (Phi) is 6.12. The Morgan fingerprint density at radius 3 is 2.93 bits per heavy atom. The molecule has 0 saturated carbocycles. The van der Waals surface area contributed by atoms with E-state index in [-0.39, 0.29) is 17.9 Å². The van der Waals surface area contributed by atoms with Crippen LogP contribution in [-0.2, 0) is 9.59 Å². The van der Waals surface area contributed by atoms with Gasteiger partial charge in [-0.15, -0.1) is 11.3 Å². The normalized spacial score (nSPS) is 22.4. The zero-order valence-corrected chi connectivity index (χ0v) is 18.4. The SMILES string of the molecule is C[C@@H](C(=O)N1CCCC[C@H]1c1cccnc1)N1C(=O)/C(=C\c2cccs2)SC1=S. The van der Waals surface area contributed by atoms with E-state index in [0.29, 0.717) is 15.8 Å². The van der Waals surface area contributed by atoms with Gasteiger partial charge in [0, 0.05) is 23.8 Å². The fourth-order valence-corrected chi connectivity index (χ4v) is 5.92. The van der Waals surface area contributed by atoms with E-state index in [2.05, 4.69) is 4.98 Å². The molecule has 2 amide bonds. The molecule has 0 aromatic carbocycles. The maximum Gasteiger partial charge on any atom is 0.266 e. The van der Waals surface area contributed by atoms with E-state index in [4.69, 9.17) is 12.2 Å². The molecule has 0 bridgehead atoms. The van der Waals surface area contributed by atoms with Crippen LogP contribution in [0.2, 0.25) is 0 Å². The smallest absolute Gasteiger partial charge is 0.266 e. The van der Waals surface area contributed by atoms with Crippen LogP contribution in [0.3, 0.4) is 0 Å². The lowest BCUT2D eigenvalue weighted by Gasteiger charge is -2.38. The first-order valence-electron chi connectivity index (χ1n) is 9.57. The molecular weight excluding hydrogens is 422 g/mol. The minimum absolute atomic E-state index is 0.00698. The summed E-state index contributed by atoms with van der Waals surface area (Å²) in [5.74, 6) is -0.253. The zero-order valence-electron chi connectivity index (χ0n) is 16.0. The van der Waals surface area contributed by atoms with E-state index in [9.17, 15) is 9.59 Å². The van der Waals surface area contributed by atoms with Gasteiger partial charge in [-0.3, -0.25) is 19.5 Å². The van der Waals surface area contributed by atoms with Gasteiger partial charge in [-0.05, 0) is 55.3 Å². The first-order chi connectivity index (χ1) is 14.1. The lowest BCUT2D eigenvalue weighted by molar-refractivity contribution is -0.142. The van der Waals surface area contributed by atoms with E-state index in [0.717, 1.165) is 29.7 Å². The fraction of sp³-hybridized carbons (Fsp3) is 0.333. The first-order valence-corrected chi connectivity index (χ1v) is 11.7. The third-order valence-corrected chi connectivity index (χ3v) is 7.39. The predicted octanol–water partition coefficient (Wildman–Crippen LogP) is 4.49. The van der Waals surface area contributed by atoms with Crippen molar-refractivity contribution in [1.29, 1.82) is 0 Å². The molecule has 2 aromatic rings. The van der Waals surface area contributed by atoms with E-state index < -0.39 is 6.04 Å². The highest BCUT2D eigenvalue weighted by atomic mass is 32.2. The molecule has 2 aromatic heterocycles. The summed E-state index contributed by atoms with van der Waals surface area (Å²) in [7, 11) is 0. The molecule has 0 unspecified atom stereocenters. The molecule has 2 fully saturated rings. The van der Waals surface area contributed by atoms with Gasteiger partial charge in [0.1, 0.15) is 10.4 Å². The summed E-state index contributed by atoms with van der Waals surface area (Å²) in [5.41, 5.74) is 1.04. The summed E-state index contributed by atoms with van der Waals surface area (Å²) in [6.07, 6.45) is 8.35. The van der Waals surface area contributed by atoms with Crippen molar-refractivity contribution in [2.75, 3.05) is 6.54 Å². The maximum absolute atomic E-state index is 13.4. The Labute approximate surface area is 183 Å². The third-order valence-electron chi connectivity index (χ3n) is 5.24. The lowest BCUT2D eigenvalue weighted by atomic mass is 9.95. The summed E-state index contributed by atoms with van der Waals surface area (Å²) < 4.78 is 0.439. The standard InChI is InChI=1S/C21H21N3O2S3/c1-14(24-20(26)18(29-21(24)27)12-16-7-5-11-28-16)19(25)23-10-3-2-8-17(23)15-6-4-9-22-13-15/h4-7,9,11-14,17H,2-3,8,10H2,1H3/b18-12+/t14-,17-/m0/s1. The minimum atomic E-state index is -0.631. The third kappa shape index (κ3) is 4.15. The summed E-state index contributed by atoms with van der Waals surface area (Å²) >= 11 is 8.29. The van der Waals surface area contributed by atoms with E-state index in [1.807, 2.05) is 46.8 Å².